The summed E-state index contributed by atoms with van der Waals surface area (Å²) in [5.74, 6) is 2.15. The van der Waals surface area contributed by atoms with Crippen LogP contribution in [0.5, 0.6) is 0 Å². The molecule has 1 amide bonds. The largest absolute Gasteiger partial charge is 0.349 e. The van der Waals surface area contributed by atoms with Crippen LogP contribution in [0.1, 0.15) is 12.1 Å². The molecule has 0 spiro atoms. The first-order valence-corrected chi connectivity index (χ1v) is 6.47. The number of rotatable bonds is 3. The molecule has 1 atom stereocenters. The molecule has 0 radical (unpaired) electrons. The normalized spacial score (nSPS) is 20.1. The van der Waals surface area contributed by atoms with E-state index in [0.717, 1.165) is 23.6 Å². The highest BCUT2D eigenvalue weighted by Gasteiger charge is 2.15. The molecule has 4 heteroatoms. The van der Waals surface area contributed by atoms with Gasteiger partial charge in [0.05, 0.1) is 5.69 Å². The fourth-order valence-corrected chi connectivity index (χ4v) is 2.69. The van der Waals surface area contributed by atoms with Gasteiger partial charge < -0.3 is 5.32 Å². The second-order valence-electron chi connectivity index (χ2n) is 3.66. The molecule has 1 aromatic rings. The van der Waals surface area contributed by atoms with Crippen LogP contribution in [0.3, 0.4) is 0 Å². The second kappa shape index (κ2) is 5.70. The number of hydrogen-bond acceptors (Lipinski definition) is 3. The third-order valence-corrected chi connectivity index (χ3v) is 3.53. The molecule has 0 bridgehead atoms. The standard InChI is InChI=1S/C12H14N2OS/c15-12(14-11-6-8-16-9-11)5-4-10-3-1-2-7-13-10/h1-5,7,11H,6,8-9H2,(H,14,15). The average Bonchev–Trinajstić information content (AvgIpc) is 2.81. The maximum atomic E-state index is 11.5. The lowest BCUT2D eigenvalue weighted by Crippen LogP contribution is -2.33. The summed E-state index contributed by atoms with van der Waals surface area (Å²) in [5, 5.41) is 2.97. The minimum atomic E-state index is -0.0295. The van der Waals surface area contributed by atoms with Crippen molar-refractivity contribution in [3.8, 4) is 0 Å². The minimum absolute atomic E-state index is 0.0295. The monoisotopic (exact) mass is 234 g/mol. The highest BCUT2D eigenvalue weighted by Crippen LogP contribution is 2.16. The minimum Gasteiger partial charge on any atom is -0.349 e. The van der Waals surface area contributed by atoms with E-state index in [4.69, 9.17) is 0 Å². The number of aromatic nitrogens is 1. The Morgan fingerprint density at radius 3 is 3.19 bits per heavy atom. The first kappa shape index (κ1) is 11.2. The Morgan fingerprint density at radius 2 is 2.50 bits per heavy atom. The number of pyridine rings is 1. The van der Waals surface area contributed by atoms with Gasteiger partial charge in [0.25, 0.3) is 0 Å². The van der Waals surface area contributed by atoms with Crippen LogP contribution < -0.4 is 5.32 Å². The molecule has 0 saturated carbocycles. The average molecular weight is 234 g/mol. The lowest BCUT2D eigenvalue weighted by atomic mass is 10.2. The summed E-state index contributed by atoms with van der Waals surface area (Å²) in [6.07, 6.45) is 6.07. The van der Waals surface area contributed by atoms with E-state index in [1.54, 1.807) is 18.3 Å². The second-order valence-corrected chi connectivity index (χ2v) is 4.81. The van der Waals surface area contributed by atoms with Gasteiger partial charge in [-0.15, -0.1) is 0 Å². The predicted molar refractivity (Wildman–Crippen MR) is 67.1 cm³/mol. The van der Waals surface area contributed by atoms with Crippen LogP contribution in [0, 0.1) is 0 Å². The molecule has 3 nitrogen and oxygen atoms in total. The molecule has 1 aliphatic heterocycles. The van der Waals surface area contributed by atoms with E-state index in [1.165, 1.54) is 0 Å². The number of nitrogens with zero attached hydrogens (tertiary/aromatic N) is 1. The lowest BCUT2D eigenvalue weighted by molar-refractivity contribution is -0.116. The molecule has 2 rings (SSSR count). The van der Waals surface area contributed by atoms with Gasteiger partial charge in [-0.3, -0.25) is 9.78 Å². The smallest absolute Gasteiger partial charge is 0.244 e. The topological polar surface area (TPSA) is 42.0 Å². The van der Waals surface area contributed by atoms with Crippen molar-refractivity contribution in [2.45, 2.75) is 12.5 Å². The molecule has 0 aromatic carbocycles. The van der Waals surface area contributed by atoms with Crippen molar-refractivity contribution in [2.75, 3.05) is 11.5 Å². The van der Waals surface area contributed by atoms with Crippen LogP contribution >= 0.6 is 11.8 Å². The van der Waals surface area contributed by atoms with E-state index >= 15 is 0 Å². The molecule has 1 aliphatic rings. The quantitative estimate of drug-likeness (QED) is 0.810. The van der Waals surface area contributed by atoms with Crippen molar-refractivity contribution in [3.63, 3.8) is 0 Å². The fourth-order valence-electron chi connectivity index (χ4n) is 1.53. The predicted octanol–water partition coefficient (Wildman–Crippen LogP) is 1.72. The number of hydrogen-bond donors (Lipinski definition) is 1. The third kappa shape index (κ3) is 3.38. The summed E-state index contributed by atoms with van der Waals surface area (Å²) in [6, 6.07) is 5.96. The van der Waals surface area contributed by atoms with Gasteiger partial charge in [0.15, 0.2) is 0 Å². The number of nitrogens with one attached hydrogen (secondary N) is 1. The maximum absolute atomic E-state index is 11.5. The van der Waals surface area contributed by atoms with Gasteiger partial charge in [-0.1, -0.05) is 6.07 Å². The van der Waals surface area contributed by atoms with Crippen molar-refractivity contribution < 1.29 is 4.79 Å². The van der Waals surface area contributed by atoms with E-state index in [-0.39, 0.29) is 5.91 Å². The first-order valence-electron chi connectivity index (χ1n) is 5.32. The van der Waals surface area contributed by atoms with Crippen LogP contribution in [0.25, 0.3) is 6.08 Å². The van der Waals surface area contributed by atoms with E-state index < -0.39 is 0 Å². The van der Waals surface area contributed by atoms with Gasteiger partial charge in [-0.2, -0.15) is 11.8 Å². The summed E-state index contributed by atoms with van der Waals surface area (Å²) in [4.78, 5) is 15.6. The Balaban J connectivity index is 1.84. The van der Waals surface area contributed by atoms with Crippen molar-refractivity contribution >= 4 is 23.7 Å². The molecule has 1 aromatic heterocycles. The molecule has 1 saturated heterocycles. The zero-order valence-corrected chi connectivity index (χ0v) is 9.74. The summed E-state index contributed by atoms with van der Waals surface area (Å²) < 4.78 is 0. The fraction of sp³-hybridized carbons (Fsp3) is 0.333. The van der Waals surface area contributed by atoms with Gasteiger partial charge in [-0.05, 0) is 30.4 Å². The first-order chi connectivity index (χ1) is 7.84. The van der Waals surface area contributed by atoms with Crippen LogP contribution in [0.4, 0.5) is 0 Å². The van der Waals surface area contributed by atoms with Crippen molar-refractivity contribution in [3.05, 3.63) is 36.2 Å². The zero-order chi connectivity index (χ0) is 11.2. The number of carbonyl (C=O) groups is 1. The van der Waals surface area contributed by atoms with Gasteiger partial charge >= 0.3 is 0 Å². The number of carbonyl (C=O) groups excluding carboxylic acids is 1. The van der Waals surface area contributed by atoms with Gasteiger partial charge in [0.2, 0.25) is 5.91 Å². The summed E-state index contributed by atoms with van der Waals surface area (Å²) in [7, 11) is 0. The van der Waals surface area contributed by atoms with E-state index in [0.29, 0.717) is 6.04 Å². The highest BCUT2D eigenvalue weighted by molar-refractivity contribution is 7.99. The number of amides is 1. The van der Waals surface area contributed by atoms with E-state index in [9.17, 15) is 4.79 Å². The molecule has 1 N–H and O–H groups in total. The Hall–Kier alpha value is -1.29. The Labute approximate surface area is 99.3 Å². The van der Waals surface area contributed by atoms with Crippen LogP contribution in [-0.4, -0.2) is 28.4 Å². The molecule has 2 heterocycles. The van der Waals surface area contributed by atoms with Crippen molar-refractivity contribution in [1.82, 2.24) is 10.3 Å². The third-order valence-electron chi connectivity index (χ3n) is 2.37. The van der Waals surface area contributed by atoms with Crippen molar-refractivity contribution in [1.29, 1.82) is 0 Å². The highest BCUT2D eigenvalue weighted by atomic mass is 32.2. The lowest BCUT2D eigenvalue weighted by Gasteiger charge is -2.08. The summed E-state index contributed by atoms with van der Waals surface area (Å²) >= 11 is 1.89. The molecule has 84 valence electrons. The molecule has 1 fully saturated rings. The van der Waals surface area contributed by atoms with Gasteiger partial charge in [0, 0.05) is 24.1 Å². The van der Waals surface area contributed by atoms with Crippen molar-refractivity contribution in [2.24, 2.45) is 0 Å². The van der Waals surface area contributed by atoms with Crippen LogP contribution in [-0.2, 0) is 4.79 Å². The summed E-state index contributed by atoms with van der Waals surface area (Å²) in [6.45, 7) is 0. The Bertz CT molecular complexity index is 372. The molecule has 16 heavy (non-hydrogen) atoms. The van der Waals surface area contributed by atoms with Gasteiger partial charge in [0.1, 0.15) is 0 Å². The zero-order valence-electron chi connectivity index (χ0n) is 8.93. The van der Waals surface area contributed by atoms with E-state index in [2.05, 4.69) is 10.3 Å². The SMILES string of the molecule is O=C(C=Cc1ccccn1)NC1CCSC1. The molecule has 0 aliphatic carbocycles. The Morgan fingerprint density at radius 1 is 1.56 bits per heavy atom. The molecular weight excluding hydrogens is 220 g/mol. The van der Waals surface area contributed by atoms with E-state index in [1.807, 2.05) is 30.0 Å². The number of thioether (sulfide) groups is 1. The maximum Gasteiger partial charge on any atom is 0.244 e. The van der Waals surface area contributed by atoms with Gasteiger partial charge in [-0.25, -0.2) is 0 Å². The molecule has 1 unspecified atom stereocenters. The molecular formula is C12H14N2OS. The van der Waals surface area contributed by atoms with Crippen LogP contribution in [0.15, 0.2) is 30.5 Å². The Kier molecular flexibility index (Phi) is 3.99. The van der Waals surface area contributed by atoms with Crippen LogP contribution in [0.2, 0.25) is 0 Å². The summed E-state index contributed by atoms with van der Waals surface area (Å²) in [5.41, 5.74) is 0.804.